The maximum Gasteiger partial charge on any atom is 0.319 e. The summed E-state index contributed by atoms with van der Waals surface area (Å²) in [6, 6.07) is 0. The standard InChI is InChI=1S/C7H6F4O2/c8-6(9)2-1-3-7(10,11)4(6)5(12)13/h1-2,4H,3H2,(H,12,13). The van der Waals surface area contributed by atoms with Gasteiger partial charge in [-0.3, -0.25) is 4.79 Å². The molecule has 0 spiro atoms. The second-order valence-corrected chi connectivity index (χ2v) is 2.81. The molecule has 0 aliphatic heterocycles. The van der Waals surface area contributed by atoms with E-state index in [0.717, 1.165) is 0 Å². The van der Waals surface area contributed by atoms with Crippen LogP contribution in [0.3, 0.4) is 0 Å². The molecule has 0 fully saturated rings. The van der Waals surface area contributed by atoms with Crippen LogP contribution in [0.4, 0.5) is 17.6 Å². The first kappa shape index (κ1) is 10.0. The van der Waals surface area contributed by atoms with Crippen LogP contribution < -0.4 is 0 Å². The minimum atomic E-state index is -3.98. The average Bonchev–Trinajstić information content (AvgIpc) is 1.79. The zero-order valence-corrected chi connectivity index (χ0v) is 6.31. The van der Waals surface area contributed by atoms with E-state index in [0.29, 0.717) is 6.08 Å². The summed E-state index contributed by atoms with van der Waals surface area (Å²) in [6.07, 6.45) is -0.151. The summed E-state index contributed by atoms with van der Waals surface area (Å²) in [7, 11) is 0. The lowest BCUT2D eigenvalue weighted by molar-refractivity contribution is -0.187. The smallest absolute Gasteiger partial charge is 0.319 e. The predicted octanol–water partition coefficient (Wildman–Crippen LogP) is 1.92. The number of carbonyl (C=O) groups is 1. The summed E-state index contributed by atoms with van der Waals surface area (Å²) in [6.45, 7) is 0. The Morgan fingerprint density at radius 2 is 1.92 bits per heavy atom. The van der Waals surface area contributed by atoms with Crippen LogP contribution >= 0.6 is 0 Å². The Bertz CT molecular complexity index is 259. The molecule has 0 aromatic rings. The van der Waals surface area contributed by atoms with Crippen LogP contribution in [0.2, 0.25) is 0 Å². The minimum absolute atomic E-state index is 0.212. The molecule has 1 rings (SSSR count). The van der Waals surface area contributed by atoms with Crippen LogP contribution in [0, 0.1) is 5.92 Å². The predicted molar refractivity (Wildman–Crippen MR) is 34.8 cm³/mol. The molecule has 0 aromatic heterocycles. The SMILES string of the molecule is O=C(O)C1C(F)(F)C=CCC1(F)F. The van der Waals surface area contributed by atoms with Gasteiger partial charge in [-0.1, -0.05) is 6.08 Å². The van der Waals surface area contributed by atoms with Crippen LogP contribution in [0.1, 0.15) is 6.42 Å². The van der Waals surface area contributed by atoms with Gasteiger partial charge >= 0.3 is 5.97 Å². The molecular weight excluding hydrogens is 192 g/mol. The maximum atomic E-state index is 12.7. The van der Waals surface area contributed by atoms with E-state index in [4.69, 9.17) is 5.11 Å². The topological polar surface area (TPSA) is 37.3 Å². The molecule has 0 saturated heterocycles. The van der Waals surface area contributed by atoms with Crippen LogP contribution in [0.25, 0.3) is 0 Å². The number of hydrogen-bond acceptors (Lipinski definition) is 1. The Hall–Kier alpha value is -1.07. The molecule has 2 nitrogen and oxygen atoms in total. The molecular formula is C7H6F4O2. The highest BCUT2D eigenvalue weighted by Crippen LogP contribution is 2.43. The highest BCUT2D eigenvalue weighted by Gasteiger charge is 2.59. The second-order valence-electron chi connectivity index (χ2n) is 2.81. The Balaban J connectivity index is 3.09. The Morgan fingerprint density at radius 1 is 1.38 bits per heavy atom. The van der Waals surface area contributed by atoms with Crippen molar-refractivity contribution < 1.29 is 27.5 Å². The van der Waals surface area contributed by atoms with Gasteiger partial charge in [0.1, 0.15) is 0 Å². The van der Waals surface area contributed by atoms with Crippen molar-refractivity contribution in [1.82, 2.24) is 0 Å². The number of rotatable bonds is 1. The number of hydrogen-bond donors (Lipinski definition) is 1. The molecule has 1 atom stereocenters. The van der Waals surface area contributed by atoms with Gasteiger partial charge in [0, 0.05) is 6.42 Å². The van der Waals surface area contributed by atoms with Crippen LogP contribution in [-0.4, -0.2) is 22.9 Å². The van der Waals surface area contributed by atoms with E-state index in [1.807, 2.05) is 0 Å². The Morgan fingerprint density at radius 3 is 2.23 bits per heavy atom. The van der Waals surface area contributed by atoms with Crippen molar-refractivity contribution in [3.05, 3.63) is 12.2 Å². The summed E-state index contributed by atoms with van der Waals surface area (Å²) in [5.41, 5.74) is 0. The molecule has 1 N–H and O–H groups in total. The number of alkyl halides is 4. The summed E-state index contributed by atoms with van der Waals surface area (Å²) in [5, 5.41) is 8.22. The van der Waals surface area contributed by atoms with E-state index in [1.165, 1.54) is 0 Å². The molecule has 74 valence electrons. The van der Waals surface area contributed by atoms with Gasteiger partial charge in [0.2, 0.25) is 0 Å². The molecule has 1 aliphatic rings. The van der Waals surface area contributed by atoms with Gasteiger partial charge < -0.3 is 5.11 Å². The first-order valence-corrected chi connectivity index (χ1v) is 3.43. The van der Waals surface area contributed by atoms with Crippen LogP contribution in [0.15, 0.2) is 12.2 Å². The molecule has 0 bridgehead atoms. The molecule has 1 aliphatic carbocycles. The van der Waals surface area contributed by atoms with E-state index in [2.05, 4.69) is 0 Å². The van der Waals surface area contributed by atoms with Crippen molar-refractivity contribution in [2.24, 2.45) is 5.92 Å². The van der Waals surface area contributed by atoms with Gasteiger partial charge in [0.15, 0.2) is 5.92 Å². The lowest BCUT2D eigenvalue weighted by Crippen LogP contribution is -2.48. The van der Waals surface area contributed by atoms with Gasteiger partial charge in [-0.2, -0.15) is 0 Å². The fourth-order valence-electron chi connectivity index (χ4n) is 1.21. The molecule has 13 heavy (non-hydrogen) atoms. The van der Waals surface area contributed by atoms with Gasteiger partial charge in [0.25, 0.3) is 11.8 Å². The van der Waals surface area contributed by atoms with Gasteiger partial charge in [-0.15, -0.1) is 0 Å². The van der Waals surface area contributed by atoms with Crippen molar-refractivity contribution >= 4 is 5.97 Å². The largest absolute Gasteiger partial charge is 0.481 e. The zero-order valence-electron chi connectivity index (χ0n) is 6.31. The first-order valence-electron chi connectivity index (χ1n) is 3.43. The fraction of sp³-hybridized carbons (Fsp3) is 0.571. The van der Waals surface area contributed by atoms with Crippen molar-refractivity contribution in [3.63, 3.8) is 0 Å². The van der Waals surface area contributed by atoms with Gasteiger partial charge in [-0.25, -0.2) is 17.6 Å². The highest BCUT2D eigenvalue weighted by molar-refractivity contribution is 5.73. The number of carboxylic acids is 1. The normalized spacial score (nSPS) is 30.0. The molecule has 0 amide bonds. The molecule has 0 heterocycles. The van der Waals surface area contributed by atoms with Crippen molar-refractivity contribution in [1.29, 1.82) is 0 Å². The quantitative estimate of drug-likeness (QED) is 0.516. The summed E-state index contributed by atoms with van der Waals surface area (Å²) < 4.78 is 50.7. The van der Waals surface area contributed by atoms with Gasteiger partial charge in [0.05, 0.1) is 0 Å². The summed E-state index contributed by atoms with van der Waals surface area (Å²) in [4.78, 5) is 10.2. The van der Waals surface area contributed by atoms with Crippen molar-refractivity contribution in [2.75, 3.05) is 0 Å². The lowest BCUT2D eigenvalue weighted by atomic mass is 9.87. The Labute approximate surface area is 70.9 Å². The molecule has 0 aromatic carbocycles. The molecule has 0 saturated carbocycles. The van der Waals surface area contributed by atoms with Crippen molar-refractivity contribution in [2.45, 2.75) is 18.3 Å². The van der Waals surface area contributed by atoms with E-state index in [1.54, 1.807) is 0 Å². The second kappa shape index (κ2) is 2.71. The average molecular weight is 198 g/mol. The monoisotopic (exact) mass is 198 g/mol. The van der Waals surface area contributed by atoms with Crippen LogP contribution in [0.5, 0.6) is 0 Å². The molecule has 0 radical (unpaired) electrons. The van der Waals surface area contributed by atoms with Gasteiger partial charge in [-0.05, 0) is 6.08 Å². The third-order valence-corrected chi connectivity index (χ3v) is 1.78. The zero-order chi connectivity index (χ0) is 10.3. The van der Waals surface area contributed by atoms with Crippen molar-refractivity contribution in [3.8, 4) is 0 Å². The number of aliphatic carboxylic acids is 1. The summed E-state index contributed by atoms with van der Waals surface area (Å²) >= 11 is 0. The Kier molecular flexibility index (Phi) is 2.09. The van der Waals surface area contributed by atoms with E-state index >= 15 is 0 Å². The minimum Gasteiger partial charge on any atom is -0.481 e. The van der Waals surface area contributed by atoms with E-state index < -0.39 is 30.2 Å². The third-order valence-electron chi connectivity index (χ3n) is 1.78. The molecule has 1 unspecified atom stereocenters. The highest BCUT2D eigenvalue weighted by atomic mass is 19.3. The number of allylic oxidation sites excluding steroid dienone is 2. The van der Waals surface area contributed by atoms with Crippen LogP contribution in [-0.2, 0) is 4.79 Å². The lowest BCUT2D eigenvalue weighted by Gasteiger charge is -2.30. The van der Waals surface area contributed by atoms with E-state index in [-0.39, 0.29) is 6.08 Å². The number of halogens is 4. The fourth-order valence-corrected chi connectivity index (χ4v) is 1.21. The maximum absolute atomic E-state index is 12.7. The number of carboxylic acid groups (broad SMARTS) is 1. The summed E-state index contributed by atoms with van der Waals surface area (Å²) in [5.74, 6) is -13.0. The first-order chi connectivity index (χ1) is 5.77. The third kappa shape index (κ3) is 1.66. The molecule has 6 heteroatoms. The van der Waals surface area contributed by atoms with E-state index in [9.17, 15) is 22.4 Å².